The van der Waals surface area contributed by atoms with Crippen molar-refractivity contribution >= 4 is 54.3 Å². The number of aromatic nitrogens is 3. The van der Waals surface area contributed by atoms with Gasteiger partial charge in [-0.25, -0.2) is 15.0 Å². The highest BCUT2D eigenvalue weighted by molar-refractivity contribution is 6.14. The monoisotopic (exact) mass is 625 g/mol. The standard InChI is InChI=1S/C45H27N3O/c1-2-12-28(13-3-1)32-20-10-15-29-26-31(24-25-34(29)32)43-46-44(38-21-11-23-41-42(38)37-19-8-9-22-40(37)49-41)48-45(47-43)39-27-30-14-4-5-16-33(30)35-17-6-7-18-36(35)39/h1-27H. The first-order valence-corrected chi connectivity index (χ1v) is 16.4. The van der Waals surface area contributed by atoms with Gasteiger partial charge in [0.05, 0.1) is 0 Å². The number of hydrogen-bond acceptors (Lipinski definition) is 4. The van der Waals surface area contributed by atoms with Crippen LogP contribution in [0.5, 0.6) is 0 Å². The van der Waals surface area contributed by atoms with Gasteiger partial charge < -0.3 is 4.42 Å². The Kier molecular flexibility index (Phi) is 6.15. The Balaban J connectivity index is 1.25. The van der Waals surface area contributed by atoms with Crippen molar-refractivity contribution in [1.82, 2.24) is 15.0 Å². The summed E-state index contributed by atoms with van der Waals surface area (Å²) >= 11 is 0. The molecule has 2 aromatic heterocycles. The van der Waals surface area contributed by atoms with Gasteiger partial charge in [-0.05, 0) is 67.7 Å². The number of para-hydroxylation sites is 1. The number of nitrogens with zero attached hydrogens (tertiary/aromatic N) is 3. The Hall–Kier alpha value is -6.65. The molecule has 10 rings (SSSR count). The first-order valence-electron chi connectivity index (χ1n) is 16.4. The first kappa shape index (κ1) is 27.5. The second kappa shape index (κ2) is 11.0. The maximum atomic E-state index is 6.27. The van der Waals surface area contributed by atoms with Crippen LogP contribution in [-0.4, -0.2) is 15.0 Å². The minimum atomic E-state index is 0.604. The molecule has 2 heterocycles. The molecule has 0 spiro atoms. The summed E-state index contributed by atoms with van der Waals surface area (Å²) in [5, 5.41) is 8.95. The molecule has 0 bridgehead atoms. The Labute approximate surface area is 282 Å². The minimum absolute atomic E-state index is 0.604. The van der Waals surface area contributed by atoms with Gasteiger partial charge >= 0.3 is 0 Å². The van der Waals surface area contributed by atoms with E-state index in [9.17, 15) is 0 Å². The third-order valence-electron chi connectivity index (χ3n) is 9.51. The molecule has 49 heavy (non-hydrogen) atoms. The van der Waals surface area contributed by atoms with E-state index in [0.29, 0.717) is 17.5 Å². The van der Waals surface area contributed by atoms with Crippen LogP contribution in [0, 0.1) is 0 Å². The molecule has 0 atom stereocenters. The zero-order valence-electron chi connectivity index (χ0n) is 26.3. The van der Waals surface area contributed by atoms with Crippen LogP contribution in [0.2, 0.25) is 0 Å². The smallest absolute Gasteiger partial charge is 0.164 e. The molecular weight excluding hydrogens is 599 g/mol. The lowest BCUT2D eigenvalue weighted by Crippen LogP contribution is -2.01. The summed E-state index contributed by atoms with van der Waals surface area (Å²) in [7, 11) is 0. The van der Waals surface area contributed by atoms with Crippen molar-refractivity contribution in [3.8, 4) is 45.3 Å². The fraction of sp³-hybridized carbons (Fsp3) is 0. The molecule has 0 saturated heterocycles. The molecule has 0 amide bonds. The molecule has 0 unspecified atom stereocenters. The van der Waals surface area contributed by atoms with Crippen LogP contribution in [-0.2, 0) is 0 Å². The largest absolute Gasteiger partial charge is 0.456 e. The second-order valence-corrected chi connectivity index (χ2v) is 12.4. The molecule has 4 heteroatoms. The van der Waals surface area contributed by atoms with E-state index in [1.807, 2.05) is 36.4 Å². The van der Waals surface area contributed by atoms with Gasteiger partial charge in [0.1, 0.15) is 11.2 Å². The summed E-state index contributed by atoms with van der Waals surface area (Å²) in [6.45, 7) is 0. The predicted octanol–water partition coefficient (Wildman–Crippen LogP) is 11.9. The Morgan fingerprint density at radius 3 is 1.82 bits per heavy atom. The lowest BCUT2D eigenvalue weighted by atomic mass is 9.96. The molecule has 0 fully saturated rings. The summed E-state index contributed by atoms with van der Waals surface area (Å²) in [5.41, 5.74) is 6.83. The lowest BCUT2D eigenvalue weighted by molar-refractivity contribution is 0.669. The van der Waals surface area contributed by atoms with Crippen molar-refractivity contribution in [2.45, 2.75) is 0 Å². The van der Waals surface area contributed by atoms with Gasteiger partial charge in [0.15, 0.2) is 17.5 Å². The van der Waals surface area contributed by atoms with Gasteiger partial charge in [-0.3, -0.25) is 0 Å². The number of fused-ring (bicyclic) bond motifs is 7. The topological polar surface area (TPSA) is 51.8 Å². The quantitative estimate of drug-likeness (QED) is 0.183. The third kappa shape index (κ3) is 4.49. The van der Waals surface area contributed by atoms with Crippen molar-refractivity contribution < 1.29 is 4.42 Å². The molecule has 0 N–H and O–H groups in total. The zero-order valence-corrected chi connectivity index (χ0v) is 26.3. The van der Waals surface area contributed by atoms with Crippen LogP contribution in [0.15, 0.2) is 168 Å². The fourth-order valence-corrected chi connectivity index (χ4v) is 7.24. The van der Waals surface area contributed by atoms with E-state index in [1.54, 1.807) is 0 Å². The highest BCUT2D eigenvalue weighted by Gasteiger charge is 2.19. The van der Waals surface area contributed by atoms with E-state index in [2.05, 4.69) is 127 Å². The number of hydrogen-bond donors (Lipinski definition) is 0. The van der Waals surface area contributed by atoms with Crippen LogP contribution >= 0.6 is 0 Å². The Morgan fingerprint density at radius 2 is 0.939 bits per heavy atom. The summed E-state index contributed by atoms with van der Waals surface area (Å²) in [4.78, 5) is 15.7. The normalized spacial score (nSPS) is 11.7. The molecular formula is C45H27N3O. The summed E-state index contributed by atoms with van der Waals surface area (Å²) < 4.78 is 6.27. The highest BCUT2D eigenvalue weighted by atomic mass is 16.3. The molecule has 0 aliphatic rings. The van der Waals surface area contributed by atoms with Crippen molar-refractivity contribution in [1.29, 1.82) is 0 Å². The van der Waals surface area contributed by atoms with Crippen LogP contribution in [0.25, 0.3) is 99.5 Å². The maximum absolute atomic E-state index is 6.27. The molecule has 4 nitrogen and oxygen atoms in total. The van der Waals surface area contributed by atoms with Gasteiger partial charge in [-0.2, -0.15) is 0 Å². The minimum Gasteiger partial charge on any atom is -0.456 e. The predicted molar refractivity (Wildman–Crippen MR) is 201 cm³/mol. The van der Waals surface area contributed by atoms with Crippen LogP contribution in [0.3, 0.4) is 0 Å². The summed E-state index contributed by atoms with van der Waals surface area (Å²) in [6, 6.07) is 56.9. The second-order valence-electron chi connectivity index (χ2n) is 12.4. The molecule has 10 aromatic rings. The van der Waals surface area contributed by atoms with Gasteiger partial charge in [-0.15, -0.1) is 0 Å². The molecule has 0 aliphatic heterocycles. The van der Waals surface area contributed by atoms with Gasteiger partial charge in [0.25, 0.3) is 0 Å². The van der Waals surface area contributed by atoms with Crippen LogP contribution in [0.4, 0.5) is 0 Å². The van der Waals surface area contributed by atoms with Crippen molar-refractivity contribution in [2.75, 3.05) is 0 Å². The van der Waals surface area contributed by atoms with Crippen LogP contribution < -0.4 is 0 Å². The first-order chi connectivity index (χ1) is 24.3. The van der Waals surface area contributed by atoms with E-state index in [0.717, 1.165) is 54.8 Å². The Bertz CT molecular complexity index is 2890. The number of rotatable bonds is 4. The Morgan fingerprint density at radius 1 is 0.327 bits per heavy atom. The van der Waals surface area contributed by atoms with E-state index in [4.69, 9.17) is 19.4 Å². The molecule has 8 aromatic carbocycles. The molecule has 0 radical (unpaired) electrons. The SMILES string of the molecule is c1ccc(-c2cccc3cc(-c4nc(-c5cc6ccccc6c6ccccc56)nc(-c5cccc6oc7ccccc7c56)n4)ccc23)cc1. The highest BCUT2D eigenvalue weighted by Crippen LogP contribution is 2.39. The van der Waals surface area contributed by atoms with Crippen molar-refractivity contribution in [3.63, 3.8) is 0 Å². The fourth-order valence-electron chi connectivity index (χ4n) is 7.24. The van der Waals surface area contributed by atoms with E-state index in [-0.39, 0.29) is 0 Å². The maximum Gasteiger partial charge on any atom is 0.164 e. The van der Waals surface area contributed by atoms with E-state index in [1.165, 1.54) is 27.3 Å². The number of benzene rings is 8. The molecule has 228 valence electrons. The van der Waals surface area contributed by atoms with Crippen molar-refractivity contribution in [3.05, 3.63) is 164 Å². The number of furan rings is 1. The van der Waals surface area contributed by atoms with E-state index < -0.39 is 0 Å². The lowest BCUT2D eigenvalue weighted by Gasteiger charge is -2.13. The zero-order chi connectivity index (χ0) is 32.3. The average molecular weight is 626 g/mol. The average Bonchev–Trinajstić information content (AvgIpc) is 3.56. The van der Waals surface area contributed by atoms with Gasteiger partial charge in [-0.1, -0.05) is 140 Å². The molecule has 0 saturated carbocycles. The summed E-state index contributed by atoms with van der Waals surface area (Å²) in [6.07, 6.45) is 0. The van der Waals surface area contributed by atoms with Gasteiger partial charge in [0.2, 0.25) is 0 Å². The summed E-state index contributed by atoms with van der Waals surface area (Å²) in [5.74, 6) is 1.85. The van der Waals surface area contributed by atoms with E-state index >= 15 is 0 Å². The van der Waals surface area contributed by atoms with Crippen molar-refractivity contribution in [2.24, 2.45) is 0 Å². The third-order valence-corrected chi connectivity index (χ3v) is 9.51. The van der Waals surface area contributed by atoms with Crippen LogP contribution in [0.1, 0.15) is 0 Å². The van der Waals surface area contributed by atoms with Gasteiger partial charge in [0, 0.05) is 27.5 Å². The molecule has 0 aliphatic carbocycles.